The first-order valence-electron chi connectivity index (χ1n) is 12.2. The van der Waals surface area contributed by atoms with Gasteiger partial charge >= 0.3 is 6.03 Å². The third-order valence-electron chi connectivity index (χ3n) is 6.57. The van der Waals surface area contributed by atoms with E-state index in [2.05, 4.69) is 22.2 Å². The van der Waals surface area contributed by atoms with Crippen LogP contribution >= 0.6 is 0 Å². The lowest BCUT2D eigenvalue weighted by Crippen LogP contribution is -2.46. The monoisotopic (exact) mass is 472 g/mol. The molecule has 8 heteroatoms. The van der Waals surface area contributed by atoms with Crippen LogP contribution in [-0.2, 0) is 19.5 Å². The van der Waals surface area contributed by atoms with Crippen LogP contribution in [-0.4, -0.2) is 65.6 Å². The Bertz CT molecular complexity index is 1180. The van der Waals surface area contributed by atoms with Crippen molar-refractivity contribution in [1.82, 2.24) is 25.1 Å². The SMILES string of the molecule is Cc1cccc(Oc2nc(N3CCN(C)CC3)nc3c2CN(C(=O)NCc2ccccc2)CC3)c1. The summed E-state index contributed by atoms with van der Waals surface area (Å²) in [7, 11) is 2.13. The fraction of sp³-hybridized carbons (Fsp3) is 0.370. The van der Waals surface area contributed by atoms with Crippen molar-refractivity contribution in [3.05, 3.63) is 77.0 Å². The second kappa shape index (κ2) is 10.3. The second-order valence-electron chi connectivity index (χ2n) is 9.28. The minimum absolute atomic E-state index is 0.0934. The molecule has 2 amide bonds. The summed E-state index contributed by atoms with van der Waals surface area (Å²) in [6.07, 6.45) is 0.668. The van der Waals surface area contributed by atoms with E-state index in [0.29, 0.717) is 37.9 Å². The quantitative estimate of drug-likeness (QED) is 0.612. The molecule has 0 aliphatic carbocycles. The van der Waals surface area contributed by atoms with Crippen LogP contribution in [0.25, 0.3) is 0 Å². The maximum Gasteiger partial charge on any atom is 0.317 e. The highest BCUT2D eigenvalue weighted by Gasteiger charge is 2.28. The number of aromatic nitrogens is 2. The Morgan fingerprint density at radius 1 is 1.00 bits per heavy atom. The molecule has 0 saturated carbocycles. The summed E-state index contributed by atoms with van der Waals surface area (Å²) in [4.78, 5) is 29.1. The summed E-state index contributed by atoms with van der Waals surface area (Å²) in [6.45, 7) is 7.27. The van der Waals surface area contributed by atoms with E-state index >= 15 is 0 Å². The summed E-state index contributed by atoms with van der Waals surface area (Å²) < 4.78 is 6.32. The van der Waals surface area contributed by atoms with Gasteiger partial charge in [0.1, 0.15) is 5.75 Å². The number of urea groups is 1. The number of carbonyl (C=O) groups is 1. The first-order valence-corrected chi connectivity index (χ1v) is 12.2. The summed E-state index contributed by atoms with van der Waals surface area (Å²) >= 11 is 0. The zero-order valence-corrected chi connectivity index (χ0v) is 20.4. The molecule has 35 heavy (non-hydrogen) atoms. The fourth-order valence-corrected chi connectivity index (χ4v) is 4.45. The Hall–Kier alpha value is -3.65. The number of nitrogens with one attached hydrogen (secondary N) is 1. The van der Waals surface area contributed by atoms with Gasteiger partial charge in [-0.2, -0.15) is 4.98 Å². The van der Waals surface area contributed by atoms with Gasteiger partial charge in [0.25, 0.3) is 0 Å². The van der Waals surface area contributed by atoms with Gasteiger partial charge in [-0.25, -0.2) is 9.78 Å². The summed E-state index contributed by atoms with van der Waals surface area (Å²) in [5.41, 5.74) is 4.03. The lowest BCUT2D eigenvalue weighted by molar-refractivity contribution is 0.190. The maximum absolute atomic E-state index is 13.0. The van der Waals surface area contributed by atoms with Gasteiger partial charge in [-0.3, -0.25) is 0 Å². The van der Waals surface area contributed by atoms with Gasteiger partial charge in [-0.05, 0) is 37.2 Å². The van der Waals surface area contributed by atoms with Crippen molar-refractivity contribution in [3.8, 4) is 11.6 Å². The minimum atomic E-state index is -0.0934. The summed E-state index contributed by atoms with van der Waals surface area (Å²) in [6, 6.07) is 17.8. The van der Waals surface area contributed by atoms with Crippen LogP contribution in [0.5, 0.6) is 11.6 Å². The first-order chi connectivity index (χ1) is 17.0. The zero-order valence-electron chi connectivity index (χ0n) is 20.4. The van der Waals surface area contributed by atoms with E-state index in [1.807, 2.05) is 66.4 Å². The van der Waals surface area contributed by atoms with Crippen LogP contribution in [0.2, 0.25) is 0 Å². The molecule has 0 bridgehead atoms. The van der Waals surface area contributed by atoms with Crippen LogP contribution in [0.4, 0.5) is 10.7 Å². The molecule has 2 aliphatic heterocycles. The zero-order chi connectivity index (χ0) is 24.2. The summed E-state index contributed by atoms with van der Waals surface area (Å²) in [5.74, 6) is 1.98. The fourth-order valence-electron chi connectivity index (χ4n) is 4.45. The number of anilines is 1. The number of amides is 2. The Morgan fingerprint density at radius 3 is 2.57 bits per heavy atom. The number of benzene rings is 2. The number of ether oxygens (including phenoxy) is 1. The molecule has 182 valence electrons. The van der Waals surface area contributed by atoms with Crippen LogP contribution in [0.15, 0.2) is 54.6 Å². The number of fused-ring (bicyclic) bond motifs is 1. The third kappa shape index (κ3) is 5.54. The van der Waals surface area contributed by atoms with Crippen LogP contribution in [0.1, 0.15) is 22.4 Å². The molecule has 5 rings (SSSR count). The van der Waals surface area contributed by atoms with E-state index in [1.54, 1.807) is 0 Å². The highest BCUT2D eigenvalue weighted by Crippen LogP contribution is 2.32. The number of rotatable bonds is 5. The molecule has 0 spiro atoms. The van der Waals surface area contributed by atoms with Gasteiger partial charge < -0.3 is 24.8 Å². The molecule has 1 saturated heterocycles. The van der Waals surface area contributed by atoms with E-state index in [-0.39, 0.29) is 6.03 Å². The van der Waals surface area contributed by atoms with E-state index in [1.165, 1.54) is 0 Å². The normalized spacial score (nSPS) is 16.1. The van der Waals surface area contributed by atoms with Gasteiger partial charge in [0, 0.05) is 45.7 Å². The minimum Gasteiger partial charge on any atom is -0.438 e. The van der Waals surface area contributed by atoms with Crippen molar-refractivity contribution < 1.29 is 9.53 Å². The molecular formula is C27H32N6O2. The van der Waals surface area contributed by atoms with E-state index < -0.39 is 0 Å². The number of likely N-dealkylation sites (N-methyl/N-ethyl adjacent to an activating group) is 1. The number of nitrogens with zero attached hydrogens (tertiary/aromatic N) is 5. The Morgan fingerprint density at radius 2 is 1.80 bits per heavy atom. The van der Waals surface area contributed by atoms with Crippen molar-refractivity contribution >= 4 is 12.0 Å². The highest BCUT2D eigenvalue weighted by atomic mass is 16.5. The molecule has 2 aliphatic rings. The Labute approximate surface area is 206 Å². The molecule has 0 atom stereocenters. The van der Waals surface area contributed by atoms with Gasteiger partial charge in [-0.1, -0.05) is 42.5 Å². The van der Waals surface area contributed by atoms with E-state index in [0.717, 1.165) is 54.3 Å². The van der Waals surface area contributed by atoms with Gasteiger partial charge in [-0.15, -0.1) is 0 Å². The molecule has 0 unspecified atom stereocenters. The van der Waals surface area contributed by atoms with Crippen molar-refractivity contribution in [2.75, 3.05) is 44.7 Å². The molecular weight excluding hydrogens is 440 g/mol. The molecule has 1 fully saturated rings. The topological polar surface area (TPSA) is 73.8 Å². The Balaban J connectivity index is 1.38. The number of hydrogen-bond acceptors (Lipinski definition) is 6. The van der Waals surface area contributed by atoms with Crippen molar-refractivity contribution in [1.29, 1.82) is 0 Å². The molecule has 2 aromatic carbocycles. The second-order valence-corrected chi connectivity index (χ2v) is 9.28. The third-order valence-corrected chi connectivity index (χ3v) is 6.57. The molecule has 1 aromatic heterocycles. The number of aryl methyl sites for hydroxylation is 1. The smallest absolute Gasteiger partial charge is 0.317 e. The molecule has 0 radical (unpaired) electrons. The molecule has 3 heterocycles. The molecule has 8 nitrogen and oxygen atoms in total. The molecule has 1 N–H and O–H groups in total. The standard InChI is InChI=1S/C27H32N6O2/c1-20-7-6-10-22(17-20)35-25-23-19-33(27(34)28-18-21-8-4-3-5-9-21)12-11-24(23)29-26(30-25)32-15-13-31(2)14-16-32/h3-10,17H,11-16,18-19H2,1-2H3,(H,28,34). The van der Waals surface area contributed by atoms with Crippen LogP contribution in [0, 0.1) is 6.92 Å². The van der Waals surface area contributed by atoms with Crippen LogP contribution in [0.3, 0.4) is 0 Å². The molecule has 3 aromatic rings. The average molecular weight is 473 g/mol. The van der Waals surface area contributed by atoms with E-state index in [9.17, 15) is 4.79 Å². The number of hydrogen-bond donors (Lipinski definition) is 1. The van der Waals surface area contributed by atoms with Crippen molar-refractivity contribution in [2.24, 2.45) is 0 Å². The summed E-state index contributed by atoms with van der Waals surface area (Å²) in [5, 5.41) is 3.04. The lowest BCUT2D eigenvalue weighted by atomic mass is 10.1. The average Bonchev–Trinajstić information content (AvgIpc) is 2.88. The van der Waals surface area contributed by atoms with Crippen LogP contribution < -0.4 is 15.0 Å². The maximum atomic E-state index is 13.0. The Kier molecular flexibility index (Phi) is 6.81. The van der Waals surface area contributed by atoms with Gasteiger partial charge in [0.05, 0.1) is 17.8 Å². The number of carbonyl (C=O) groups excluding carboxylic acids is 1. The largest absolute Gasteiger partial charge is 0.438 e. The van der Waals surface area contributed by atoms with Crippen molar-refractivity contribution in [2.45, 2.75) is 26.4 Å². The first kappa shape index (κ1) is 23.1. The number of piperazine rings is 1. The predicted octanol–water partition coefficient (Wildman–Crippen LogP) is 3.60. The van der Waals surface area contributed by atoms with E-state index in [4.69, 9.17) is 14.7 Å². The van der Waals surface area contributed by atoms with Gasteiger partial charge in [0.2, 0.25) is 11.8 Å². The van der Waals surface area contributed by atoms with Crippen molar-refractivity contribution in [3.63, 3.8) is 0 Å². The predicted molar refractivity (Wildman–Crippen MR) is 136 cm³/mol. The highest BCUT2D eigenvalue weighted by molar-refractivity contribution is 5.74. The lowest BCUT2D eigenvalue weighted by Gasteiger charge is -2.34. The van der Waals surface area contributed by atoms with Gasteiger partial charge in [0.15, 0.2) is 0 Å².